The molecule has 0 heterocycles. The molecule has 4 atom stereocenters. The van der Waals surface area contributed by atoms with E-state index in [-0.39, 0.29) is 11.8 Å². The molecule has 0 radical (unpaired) electrons. The Labute approximate surface area is 161 Å². The molecule has 0 spiro atoms. The predicted molar refractivity (Wildman–Crippen MR) is 104 cm³/mol. The van der Waals surface area contributed by atoms with Gasteiger partial charge in [-0.05, 0) is 37.1 Å². The molecule has 2 aromatic carbocycles. The van der Waals surface area contributed by atoms with Gasteiger partial charge in [-0.25, -0.2) is 0 Å². The van der Waals surface area contributed by atoms with Gasteiger partial charge in [0.15, 0.2) is 0 Å². The molecule has 2 N–H and O–H groups in total. The van der Waals surface area contributed by atoms with Crippen LogP contribution in [0.1, 0.15) is 12.8 Å². The van der Waals surface area contributed by atoms with E-state index in [1.807, 2.05) is 60.7 Å². The maximum atomic E-state index is 10.5. The smallest absolute Gasteiger partial charge is 0.307 e. The summed E-state index contributed by atoms with van der Waals surface area (Å²) < 4.78 is 0. The molecular weight excluding hydrogens is 368 g/mol. The largest absolute Gasteiger partial charge is 0.481 e. The van der Waals surface area contributed by atoms with Crippen LogP contribution >= 0.6 is 23.5 Å². The molecule has 2 aromatic rings. The van der Waals surface area contributed by atoms with Crippen molar-refractivity contribution in [3.8, 4) is 0 Å². The molecule has 0 amide bonds. The Hall–Kier alpha value is -1.92. The van der Waals surface area contributed by atoms with Gasteiger partial charge in [0.1, 0.15) is 0 Å². The second-order valence-electron chi connectivity index (χ2n) is 6.30. The minimum atomic E-state index is -0.659. The van der Waals surface area contributed by atoms with Gasteiger partial charge >= 0.3 is 11.9 Å². The summed E-state index contributed by atoms with van der Waals surface area (Å²) in [7, 11) is 0. The van der Waals surface area contributed by atoms with Crippen LogP contribution in [0.15, 0.2) is 70.5 Å². The van der Waals surface area contributed by atoms with E-state index in [1.165, 1.54) is 0 Å². The number of aliphatic carboxylic acids is 2. The molecule has 26 heavy (non-hydrogen) atoms. The lowest BCUT2D eigenvalue weighted by Crippen LogP contribution is -1.99. The third-order valence-electron chi connectivity index (χ3n) is 4.16. The van der Waals surface area contributed by atoms with Crippen molar-refractivity contribution >= 4 is 35.5 Å². The number of rotatable bonds is 6. The maximum absolute atomic E-state index is 10.5. The first kappa shape index (κ1) is 18.9. The molecule has 4 nitrogen and oxygen atoms in total. The first-order valence-electron chi connectivity index (χ1n) is 8.43. The van der Waals surface area contributed by atoms with Gasteiger partial charge in [-0.15, -0.1) is 23.5 Å². The summed E-state index contributed by atoms with van der Waals surface area (Å²) in [5, 5.41) is 18.0. The molecule has 2 saturated carbocycles. The highest BCUT2D eigenvalue weighted by molar-refractivity contribution is 8.00. The molecule has 0 aromatic heterocycles. The zero-order valence-electron chi connectivity index (χ0n) is 14.0. The van der Waals surface area contributed by atoms with Gasteiger partial charge < -0.3 is 10.2 Å². The van der Waals surface area contributed by atoms with Crippen LogP contribution in [0.5, 0.6) is 0 Å². The van der Waals surface area contributed by atoms with E-state index in [0.29, 0.717) is 10.5 Å². The first-order chi connectivity index (χ1) is 12.5. The van der Waals surface area contributed by atoms with Crippen molar-refractivity contribution in [1.29, 1.82) is 0 Å². The minimum absolute atomic E-state index is 0.120. The van der Waals surface area contributed by atoms with Crippen molar-refractivity contribution in [3.05, 3.63) is 60.7 Å². The van der Waals surface area contributed by atoms with Gasteiger partial charge in [-0.2, -0.15) is 0 Å². The molecular formula is C20H20O4S2. The summed E-state index contributed by atoms with van der Waals surface area (Å²) in [4.78, 5) is 23.4. The van der Waals surface area contributed by atoms with Crippen LogP contribution in [0.2, 0.25) is 0 Å². The minimum Gasteiger partial charge on any atom is -0.481 e. The van der Waals surface area contributed by atoms with Crippen LogP contribution in [0, 0.1) is 11.8 Å². The highest BCUT2D eigenvalue weighted by Gasteiger charge is 2.44. The van der Waals surface area contributed by atoms with E-state index in [2.05, 4.69) is 0 Å². The van der Waals surface area contributed by atoms with E-state index >= 15 is 0 Å². The Morgan fingerprint density at radius 3 is 1.31 bits per heavy atom. The molecule has 0 unspecified atom stereocenters. The third-order valence-corrected chi connectivity index (χ3v) is 6.90. The lowest BCUT2D eigenvalue weighted by Gasteiger charge is -1.97. The number of benzene rings is 2. The van der Waals surface area contributed by atoms with Crippen molar-refractivity contribution in [1.82, 2.24) is 0 Å². The average Bonchev–Trinajstić information content (AvgIpc) is 3.53. The second-order valence-corrected chi connectivity index (χ2v) is 8.92. The average molecular weight is 389 g/mol. The van der Waals surface area contributed by atoms with E-state index in [1.54, 1.807) is 23.5 Å². The Bertz CT molecular complexity index is 685. The molecule has 4 rings (SSSR count). The monoisotopic (exact) mass is 388 g/mol. The fourth-order valence-electron chi connectivity index (χ4n) is 2.47. The molecule has 136 valence electrons. The number of carbonyl (C=O) groups is 2. The van der Waals surface area contributed by atoms with Crippen molar-refractivity contribution in [2.24, 2.45) is 11.8 Å². The van der Waals surface area contributed by atoms with Gasteiger partial charge in [0.05, 0.1) is 11.8 Å². The number of carboxylic acid groups (broad SMARTS) is 2. The van der Waals surface area contributed by atoms with Gasteiger partial charge in [-0.1, -0.05) is 36.4 Å². The quantitative estimate of drug-likeness (QED) is 0.759. The van der Waals surface area contributed by atoms with E-state index < -0.39 is 11.9 Å². The third kappa shape index (κ3) is 5.54. The summed E-state index contributed by atoms with van der Waals surface area (Å²) in [6, 6.07) is 19.9. The van der Waals surface area contributed by atoms with E-state index in [0.717, 1.165) is 22.6 Å². The van der Waals surface area contributed by atoms with E-state index in [4.69, 9.17) is 10.2 Å². The summed E-state index contributed by atoms with van der Waals surface area (Å²) in [5.41, 5.74) is 0. The molecule has 2 aliphatic carbocycles. The summed E-state index contributed by atoms with van der Waals surface area (Å²) >= 11 is 3.33. The summed E-state index contributed by atoms with van der Waals surface area (Å²) in [6.07, 6.45) is 1.63. The number of hydrogen-bond donors (Lipinski definition) is 2. The normalized spacial score (nSPS) is 25.5. The molecule has 2 aliphatic rings. The molecule has 0 aliphatic heterocycles. The Kier molecular flexibility index (Phi) is 6.27. The molecule has 0 saturated heterocycles. The Morgan fingerprint density at radius 1 is 0.692 bits per heavy atom. The highest BCUT2D eigenvalue weighted by Crippen LogP contribution is 2.45. The van der Waals surface area contributed by atoms with Crippen LogP contribution < -0.4 is 0 Å². The lowest BCUT2D eigenvalue weighted by atomic mass is 10.4. The standard InChI is InChI=1S/2C10H10O2S/c2*11-10(12)8-6-9(8)13-7-4-2-1-3-5-7/h2*1-5,8-9H,6H2,(H,11,12)/t2*8-,9+/m10/s1. The van der Waals surface area contributed by atoms with E-state index in [9.17, 15) is 9.59 Å². The van der Waals surface area contributed by atoms with Crippen molar-refractivity contribution < 1.29 is 19.8 Å². The zero-order chi connectivity index (χ0) is 18.5. The van der Waals surface area contributed by atoms with Gasteiger partial charge in [0, 0.05) is 20.3 Å². The van der Waals surface area contributed by atoms with Gasteiger partial charge in [0.2, 0.25) is 0 Å². The molecule has 2 fully saturated rings. The van der Waals surface area contributed by atoms with Crippen LogP contribution in [0.3, 0.4) is 0 Å². The molecule has 6 heteroatoms. The predicted octanol–water partition coefficient (Wildman–Crippen LogP) is 4.50. The number of thioether (sulfide) groups is 2. The van der Waals surface area contributed by atoms with Crippen LogP contribution in [-0.4, -0.2) is 32.7 Å². The number of hydrogen-bond acceptors (Lipinski definition) is 4. The molecule has 0 bridgehead atoms. The fraction of sp³-hybridized carbons (Fsp3) is 0.300. The van der Waals surface area contributed by atoms with Crippen molar-refractivity contribution in [3.63, 3.8) is 0 Å². The van der Waals surface area contributed by atoms with Gasteiger partial charge in [-0.3, -0.25) is 9.59 Å². The lowest BCUT2D eigenvalue weighted by molar-refractivity contribution is -0.139. The van der Waals surface area contributed by atoms with Crippen molar-refractivity contribution in [2.75, 3.05) is 0 Å². The second kappa shape index (κ2) is 8.64. The highest BCUT2D eigenvalue weighted by atomic mass is 32.2. The van der Waals surface area contributed by atoms with Crippen molar-refractivity contribution in [2.45, 2.75) is 33.1 Å². The SMILES string of the molecule is O=C(O)[C@@H]1C[C@@H]1Sc1ccccc1.O=C(O)[C@H]1C[C@H]1Sc1ccccc1. The summed E-state index contributed by atoms with van der Waals surface area (Å²) in [6.45, 7) is 0. The van der Waals surface area contributed by atoms with Crippen LogP contribution in [-0.2, 0) is 9.59 Å². The summed E-state index contributed by atoms with van der Waals surface area (Å²) in [5.74, 6) is -1.56. The van der Waals surface area contributed by atoms with Crippen LogP contribution in [0.4, 0.5) is 0 Å². The fourth-order valence-corrected chi connectivity index (χ4v) is 4.97. The topological polar surface area (TPSA) is 74.6 Å². The Morgan fingerprint density at radius 2 is 1.04 bits per heavy atom. The van der Waals surface area contributed by atoms with Crippen LogP contribution in [0.25, 0.3) is 0 Å². The number of carboxylic acids is 2. The van der Waals surface area contributed by atoms with Gasteiger partial charge in [0.25, 0.3) is 0 Å². The first-order valence-corrected chi connectivity index (χ1v) is 10.2. The maximum Gasteiger partial charge on any atom is 0.307 e. The zero-order valence-corrected chi connectivity index (χ0v) is 15.7. The Balaban J connectivity index is 0.000000151.